The monoisotopic (exact) mass is 102 g/mol. The van der Waals surface area contributed by atoms with Gasteiger partial charge in [-0.2, -0.15) is 0 Å². The smallest absolute Gasteiger partial charge is 0.234 e. The Morgan fingerprint density at radius 2 is 2.29 bits per heavy atom. The van der Waals surface area contributed by atoms with E-state index in [4.69, 9.17) is 11.5 Å². The maximum atomic E-state index is 10.0. The van der Waals surface area contributed by atoms with Gasteiger partial charge in [0.1, 0.15) is 0 Å². The first-order valence-corrected chi connectivity index (χ1v) is 2.23. The van der Waals surface area contributed by atoms with Gasteiger partial charge in [-0.25, -0.2) is 0 Å². The van der Waals surface area contributed by atoms with Gasteiger partial charge < -0.3 is 11.5 Å². The predicted molar refractivity (Wildman–Crippen MR) is 27.5 cm³/mol. The number of rotatable bonds is 2. The number of hydrogen-bond donors (Lipinski definition) is 2. The quantitative estimate of drug-likeness (QED) is 0.479. The predicted octanol–water partition coefficient (Wildman–Crippen LogP) is -0.791. The molecule has 0 unspecified atom stereocenters. The number of primary amides is 1. The normalized spacial score (nSPS) is 13.4. The SMILES string of the molecule is CC[C@H](N)C(N)=O. The summed E-state index contributed by atoms with van der Waals surface area (Å²) in [5.41, 5.74) is 9.92. The number of nitrogens with two attached hydrogens (primary N) is 2. The minimum absolute atomic E-state index is 0.428. The van der Waals surface area contributed by atoms with E-state index >= 15 is 0 Å². The van der Waals surface area contributed by atoms with Crippen LogP contribution < -0.4 is 11.5 Å². The molecule has 0 aromatic rings. The molecular formula is C4H10N2O. The molecule has 0 aliphatic heterocycles. The van der Waals surface area contributed by atoms with Gasteiger partial charge in [-0.1, -0.05) is 6.92 Å². The van der Waals surface area contributed by atoms with Crippen molar-refractivity contribution in [2.75, 3.05) is 0 Å². The van der Waals surface area contributed by atoms with Crippen LogP contribution in [0.15, 0.2) is 0 Å². The summed E-state index contributed by atoms with van der Waals surface area (Å²) in [5, 5.41) is 0. The van der Waals surface area contributed by atoms with E-state index in [0.717, 1.165) is 0 Å². The van der Waals surface area contributed by atoms with Gasteiger partial charge in [-0.05, 0) is 6.42 Å². The second kappa shape index (κ2) is 2.58. The Labute approximate surface area is 42.7 Å². The highest BCUT2D eigenvalue weighted by Crippen LogP contribution is 1.80. The van der Waals surface area contributed by atoms with Gasteiger partial charge in [0, 0.05) is 0 Å². The summed E-state index contributed by atoms with van der Waals surface area (Å²) in [6.45, 7) is 1.81. The minimum Gasteiger partial charge on any atom is -0.368 e. The second-order valence-electron chi connectivity index (χ2n) is 1.42. The standard InChI is InChI=1S/C4H10N2O/c1-2-3(5)4(6)7/h3H,2,5H2,1H3,(H2,6,7)/t3-/m0/s1. The van der Waals surface area contributed by atoms with Crippen LogP contribution in [0.2, 0.25) is 0 Å². The summed E-state index contributed by atoms with van der Waals surface area (Å²) < 4.78 is 0. The van der Waals surface area contributed by atoms with Crippen LogP contribution in [0.3, 0.4) is 0 Å². The Hall–Kier alpha value is -0.570. The van der Waals surface area contributed by atoms with Gasteiger partial charge in [0.25, 0.3) is 0 Å². The molecule has 0 bridgehead atoms. The van der Waals surface area contributed by atoms with Crippen molar-refractivity contribution in [1.29, 1.82) is 0 Å². The van der Waals surface area contributed by atoms with Gasteiger partial charge in [0.05, 0.1) is 6.04 Å². The van der Waals surface area contributed by atoms with Crippen LogP contribution in [0.4, 0.5) is 0 Å². The largest absolute Gasteiger partial charge is 0.368 e. The van der Waals surface area contributed by atoms with E-state index in [1.54, 1.807) is 0 Å². The fourth-order valence-corrected chi connectivity index (χ4v) is 0.201. The third-order valence-electron chi connectivity index (χ3n) is 0.805. The lowest BCUT2D eigenvalue weighted by atomic mass is 10.2. The zero-order chi connectivity index (χ0) is 5.86. The van der Waals surface area contributed by atoms with Crippen molar-refractivity contribution in [3.05, 3.63) is 0 Å². The molecule has 0 spiro atoms. The van der Waals surface area contributed by atoms with Crippen molar-refractivity contribution in [1.82, 2.24) is 0 Å². The summed E-state index contributed by atoms with van der Waals surface area (Å²) in [5.74, 6) is -0.428. The zero-order valence-electron chi connectivity index (χ0n) is 4.35. The molecular weight excluding hydrogens is 92.1 g/mol. The molecule has 0 heterocycles. The molecule has 1 atom stereocenters. The summed E-state index contributed by atoms with van der Waals surface area (Å²) in [7, 11) is 0. The van der Waals surface area contributed by atoms with Crippen LogP contribution in [0.5, 0.6) is 0 Å². The highest BCUT2D eigenvalue weighted by molar-refractivity contribution is 5.79. The fourth-order valence-electron chi connectivity index (χ4n) is 0.201. The van der Waals surface area contributed by atoms with Crippen molar-refractivity contribution in [3.63, 3.8) is 0 Å². The summed E-state index contributed by atoms with van der Waals surface area (Å²) in [4.78, 5) is 10.0. The van der Waals surface area contributed by atoms with E-state index in [1.165, 1.54) is 0 Å². The lowest BCUT2D eigenvalue weighted by molar-refractivity contribution is -0.119. The molecule has 0 saturated heterocycles. The van der Waals surface area contributed by atoms with Crippen molar-refractivity contribution < 1.29 is 4.79 Å². The molecule has 0 radical (unpaired) electrons. The molecule has 3 heteroatoms. The Morgan fingerprint density at radius 3 is 2.29 bits per heavy atom. The Morgan fingerprint density at radius 1 is 1.86 bits per heavy atom. The van der Waals surface area contributed by atoms with E-state index in [9.17, 15) is 4.79 Å². The molecule has 0 aromatic heterocycles. The van der Waals surface area contributed by atoms with Crippen molar-refractivity contribution >= 4 is 5.91 Å². The number of amides is 1. The summed E-state index contributed by atoms with van der Waals surface area (Å²) >= 11 is 0. The molecule has 4 N–H and O–H groups in total. The average molecular weight is 102 g/mol. The van der Waals surface area contributed by atoms with Gasteiger partial charge in [-0.3, -0.25) is 4.79 Å². The highest BCUT2D eigenvalue weighted by atomic mass is 16.1. The molecule has 7 heavy (non-hydrogen) atoms. The van der Waals surface area contributed by atoms with Gasteiger partial charge in [-0.15, -0.1) is 0 Å². The zero-order valence-corrected chi connectivity index (χ0v) is 4.35. The third-order valence-corrected chi connectivity index (χ3v) is 0.805. The van der Waals surface area contributed by atoms with Crippen LogP contribution in [0.25, 0.3) is 0 Å². The van der Waals surface area contributed by atoms with Crippen LogP contribution in [0.1, 0.15) is 13.3 Å². The molecule has 0 saturated carbocycles. The molecule has 0 aliphatic rings. The van der Waals surface area contributed by atoms with E-state index < -0.39 is 11.9 Å². The molecule has 3 nitrogen and oxygen atoms in total. The Kier molecular flexibility index (Phi) is 2.37. The van der Waals surface area contributed by atoms with Crippen LogP contribution in [0, 0.1) is 0 Å². The lowest BCUT2D eigenvalue weighted by Gasteiger charge is -1.98. The maximum absolute atomic E-state index is 10.0. The Bertz CT molecular complexity index is 72.1. The van der Waals surface area contributed by atoms with Gasteiger partial charge >= 0.3 is 0 Å². The lowest BCUT2D eigenvalue weighted by Crippen LogP contribution is -2.35. The molecule has 0 aliphatic carbocycles. The highest BCUT2D eigenvalue weighted by Gasteiger charge is 2.02. The van der Waals surface area contributed by atoms with Crippen LogP contribution >= 0.6 is 0 Å². The molecule has 42 valence electrons. The topological polar surface area (TPSA) is 69.1 Å². The fraction of sp³-hybridized carbons (Fsp3) is 0.750. The molecule has 0 fully saturated rings. The first-order chi connectivity index (χ1) is 3.18. The van der Waals surface area contributed by atoms with Gasteiger partial charge in [0.15, 0.2) is 0 Å². The summed E-state index contributed by atoms with van der Waals surface area (Å²) in [6, 6.07) is -0.458. The van der Waals surface area contributed by atoms with E-state index in [0.29, 0.717) is 6.42 Å². The second-order valence-corrected chi connectivity index (χ2v) is 1.42. The number of carbonyl (C=O) groups excluding carboxylic acids is 1. The maximum Gasteiger partial charge on any atom is 0.234 e. The van der Waals surface area contributed by atoms with Crippen LogP contribution in [-0.4, -0.2) is 11.9 Å². The van der Waals surface area contributed by atoms with Crippen molar-refractivity contribution in [2.24, 2.45) is 11.5 Å². The number of hydrogen-bond acceptors (Lipinski definition) is 2. The van der Waals surface area contributed by atoms with E-state index in [2.05, 4.69) is 0 Å². The Balaban J connectivity index is 3.34. The minimum atomic E-state index is -0.458. The van der Waals surface area contributed by atoms with E-state index in [-0.39, 0.29) is 0 Å². The number of carbonyl (C=O) groups is 1. The first kappa shape index (κ1) is 6.43. The average Bonchev–Trinajstić information content (AvgIpc) is 1.65. The third kappa shape index (κ3) is 2.17. The van der Waals surface area contributed by atoms with Crippen molar-refractivity contribution in [2.45, 2.75) is 19.4 Å². The molecule has 0 rings (SSSR count). The van der Waals surface area contributed by atoms with Gasteiger partial charge in [0.2, 0.25) is 5.91 Å². The molecule has 1 amide bonds. The van der Waals surface area contributed by atoms with Crippen LogP contribution in [-0.2, 0) is 4.79 Å². The first-order valence-electron chi connectivity index (χ1n) is 2.23. The van der Waals surface area contributed by atoms with E-state index in [1.807, 2.05) is 6.92 Å². The summed E-state index contributed by atoms with van der Waals surface area (Å²) in [6.07, 6.45) is 0.620. The van der Waals surface area contributed by atoms with Crippen molar-refractivity contribution in [3.8, 4) is 0 Å². The molecule has 0 aromatic carbocycles.